The molecule has 20 heavy (non-hydrogen) atoms. The van der Waals surface area contributed by atoms with Gasteiger partial charge in [0.2, 0.25) is 5.91 Å². The van der Waals surface area contributed by atoms with Crippen LogP contribution in [0.1, 0.15) is 41.6 Å². The number of benzene rings is 1. The van der Waals surface area contributed by atoms with E-state index >= 15 is 0 Å². The van der Waals surface area contributed by atoms with Crippen LogP contribution in [0, 0.1) is 6.92 Å². The first kappa shape index (κ1) is 14.4. The van der Waals surface area contributed by atoms with E-state index in [4.69, 9.17) is 5.73 Å². The molecule has 5 heteroatoms. The SMILES string of the molecule is Cc1ccc(C(=O)NCCCC(=O)NC2CC2)c(N)c1. The summed E-state index contributed by atoms with van der Waals surface area (Å²) in [7, 11) is 0. The molecular weight excluding hydrogens is 254 g/mol. The van der Waals surface area contributed by atoms with Gasteiger partial charge in [0.1, 0.15) is 0 Å². The van der Waals surface area contributed by atoms with Gasteiger partial charge in [0.25, 0.3) is 5.91 Å². The van der Waals surface area contributed by atoms with E-state index < -0.39 is 0 Å². The number of hydrogen-bond donors (Lipinski definition) is 3. The summed E-state index contributed by atoms with van der Waals surface area (Å²) in [5.74, 6) is -0.123. The molecular formula is C15H21N3O2. The van der Waals surface area contributed by atoms with Gasteiger partial charge < -0.3 is 16.4 Å². The molecule has 0 spiro atoms. The molecule has 1 saturated carbocycles. The third kappa shape index (κ3) is 4.26. The second kappa shape index (κ2) is 6.41. The zero-order valence-electron chi connectivity index (χ0n) is 11.7. The maximum absolute atomic E-state index is 11.9. The van der Waals surface area contributed by atoms with Crippen LogP contribution >= 0.6 is 0 Å². The molecule has 1 aliphatic rings. The van der Waals surface area contributed by atoms with Gasteiger partial charge in [0.05, 0.1) is 5.56 Å². The molecule has 1 aromatic rings. The highest BCUT2D eigenvalue weighted by molar-refractivity contribution is 5.99. The lowest BCUT2D eigenvalue weighted by molar-refractivity contribution is -0.121. The van der Waals surface area contributed by atoms with Gasteiger partial charge in [-0.05, 0) is 43.9 Å². The van der Waals surface area contributed by atoms with Gasteiger partial charge in [-0.15, -0.1) is 0 Å². The van der Waals surface area contributed by atoms with Crippen LogP contribution in [-0.2, 0) is 4.79 Å². The number of aryl methyl sites for hydroxylation is 1. The van der Waals surface area contributed by atoms with Crippen molar-refractivity contribution < 1.29 is 9.59 Å². The Balaban J connectivity index is 1.70. The van der Waals surface area contributed by atoms with E-state index in [0.717, 1.165) is 18.4 Å². The molecule has 108 valence electrons. The largest absolute Gasteiger partial charge is 0.398 e. The first-order valence-electron chi connectivity index (χ1n) is 7.00. The van der Waals surface area contributed by atoms with Crippen LogP contribution in [0.5, 0.6) is 0 Å². The minimum Gasteiger partial charge on any atom is -0.398 e. The number of anilines is 1. The van der Waals surface area contributed by atoms with E-state index in [9.17, 15) is 9.59 Å². The van der Waals surface area contributed by atoms with E-state index in [1.165, 1.54) is 0 Å². The van der Waals surface area contributed by atoms with Gasteiger partial charge in [0, 0.05) is 24.7 Å². The fourth-order valence-electron chi connectivity index (χ4n) is 1.96. The Morgan fingerprint density at radius 2 is 2.10 bits per heavy atom. The molecule has 0 unspecified atom stereocenters. The third-order valence-electron chi connectivity index (χ3n) is 3.26. The normalized spacial score (nSPS) is 13.8. The van der Waals surface area contributed by atoms with Crippen LogP contribution in [-0.4, -0.2) is 24.4 Å². The average molecular weight is 275 g/mol. The summed E-state index contributed by atoms with van der Waals surface area (Å²) < 4.78 is 0. The van der Waals surface area contributed by atoms with Crippen LogP contribution in [0.2, 0.25) is 0 Å². The second-order valence-corrected chi connectivity index (χ2v) is 5.29. The average Bonchev–Trinajstić information content (AvgIpc) is 3.18. The van der Waals surface area contributed by atoms with Gasteiger partial charge in [-0.25, -0.2) is 0 Å². The quantitative estimate of drug-likeness (QED) is 0.541. The van der Waals surface area contributed by atoms with Crippen molar-refractivity contribution in [2.45, 2.75) is 38.6 Å². The molecule has 1 aliphatic carbocycles. The maximum Gasteiger partial charge on any atom is 0.253 e. The van der Waals surface area contributed by atoms with E-state index in [0.29, 0.717) is 36.7 Å². The lowest BCUT2D eigenvalue weighted by atomic mass is 10.1. The summed E-state index contributed by atoms with van der Waals surface area (Å²) in [6.45, 7) is 2.40. The first-order valence-corrected chi connectivity index (χ1v) is 7.00. The second-order valence-electron chi connectivity index (χ2n) is 5.29. The monoisotopic (exact) mass is 275 g/mol. The molecule has 0 atom stereocenters. The number of rotatable bonds is 6. The summed E-state index contributed by atoms with van der Waals surface area (Å²) >= 11 is 0. The van der Waals surface area contributed by atoms with Gasteiger partial charge in [-0.2, -0.15) is 0 Å². The predicted octanol–water partition coefficient (Wildman–Crippen LogP) is 1.37. The predicted molar refractivity (Wildman–Crippen MR) is 78.3 cm³/mol. The molecule has 5 nitrogen and oxygen atoms in total. The van der Waals surface area contributed by atoms with E-state index in [1.807, 2.05) is 13.0 Å². The zero-order chi connectivity index (χ0) is 14.5. The zero-order valence-corrected chi connectivity index (χ0v) is 11.7. The van der Waals surface area contributed by atoms with Crippen molar-refractivity contribution in [2.24, 2.45) is 0 Å². The van der Waals surface area contributed by atoms with Gasteiger partial charge in [-0.3, -0.25) is 9.59 Å². The number of carbonyl (C=O) groups excluding carboxylic acids is 2. The molecule has 0 aliphatic heterocycles. The van der Waals surface area contributed by atoms with E-state index in [-0.39, 0.29) is 11.8 Å². The minimum absolute atomic E-state index is 0.0663. The number of nitrogens with two attached hydrogens (primary N) is 1. The Morgan fingerprint density at radius 3 is 2.75 bits per heavy atom. The smallest absolute Gasteiger partial charge is 0.253 e. The minimum atomic E-state index is -0.190. The summed E-state index contributed by atoms with van der Waals surface area (Å²) in [4.78, 5) is 23.4. The number of hydrogen-bond acceptors (Lipinski definition) is 3. The molecule has 1 aromatic carbocycles. The Labute approximate surface area is 118 Å². The topological polar surface area (TPSA) is 84.2 Å². The Kier molecular flexibility index (Phi) is 4.61. The Bertz CT molecular complexity index is 510. The Morgan fingerprint density at radius 1 is 1.35 bits per heavy atom. The molecule has 2 amide bonds. The van der Waals surface area contributed by atoms with Crippen LogP contribution in [0.25, 0.3) is 0 Å². The molecule has 4 N–H and O–H groups in total. The summed E-state index contributed by atoms with van der Waals surface area (Å²) in [5, 5.41) is 5.70. The molecule has 0 radical (unpaired) electrons. The van der Waals surface area contributed by atoms with Crippen molar-refractivity contribution in [3.8, 4) is 0 Å². The summed E-state index contributed by atoms with van der Waals surface area (Å²) in [6, 6.07) is 5.75. The molecule has 0 aromatic heterocycles. The maximum atomic E-state index is 11.9. The number of nitrogen functional groups attached to an aromatic ring is 1. The third-order valence-corrected chi connectivity index (χ3v) is 3.26. The van der Waals surface area contributed by atoms with Crippen molar-refractivity contribution in [3.05, 3.63) is 29.3 Å². The number of amides is 2. The van der Waals surface area contributed by atoms with Gasteiger partial charge in [-0.1, -0.05) is 6.07 Å². The van der Waals surface area contributed by atoms with Crippen molar-refractivity contribution in [3.63, 3.8) is 0 Å². The van der Waals surface area contributed by atoms with Crippen LogP contribution in [0.4, 0.5) is 5.69 Å². The van der Waals surface area contributed by atoms with Crippen molar-refractivity contribution in [1.82, 2.24) is 10.6 Å². The molecule has 2 rings (SSSR count). The number of carbonyl (C=O) groups is 2. The van der Waals surface area contributed by atoms with E-state index in [2.05, 4.69) is 10.6 Å². The lowest BCUT2D eigenvalue weighted by Gasteiger charge is -2.08. The lowest BCUT2D eigenvalue weighted by Crippen LogP contribution is -2.28. The van der Waals surface area contributed by atoms with Crippen molar-refractivity contribution in [2.75, 3.05) is 12.3 Å². The Hall–Kier alpha value is -2.04. The highest BCUT2D eigenvalue weighted by Crippen LogP contribution is 2.18. The molecule has 0 saturated heterocycles. The first-order chi connectivity index (χ1) is 9.56. The number of nitrogens with one attached hydrogen (secondary N) is 2. The van der Waals surface area contributed by atoms with E-state index in [1.54, 1.807) is 12.1 Å². The molecule has 0 bridgehead atoms. The fourth-order valence-corrected chi connectivity index (χ4v) is 1.96. The summed E-state index contributed by atoms with van der Waals surface area (Å²) in [5.41, 5.74) is 7.80. The fraction of sp³-hybridized carbons (Fsp3) is 0.467. The van der Waals surface area contributed by atoms with Gasteiger partial charge >= 0.3 is 0 Å². The van der Waals surface area contributed by atoms with Crippen LogP contribution in [0.15, 0.2) is 18.2 Å². The molecule has 0 heterocycles. The van der Waals surface area contributed by atoms with Crippen molar-refractivity contribution >= 4 is 17.5 Å². The standard InChI is InChI=1S/C15H21N3O2/c1-10-4-7-12(13(16)9-10)15(20)17-8-2-3-14(19)18-11-5-6-11/h4,7,9,11H,2-3,5-6,8,16H2,1H3,(H,17,20)(H,18,19). The summed E-state index contributed by atoms with van der Waals surface area (Å²) in [6.07, 6.45) is 3.26. The van der Waals surface area contributed by atoms with Crippen molar-refractivity contribution in [1.29, 1.82) is 0 Å². The van der Waals surface area contributed by atoms with Gasteiger partial charge in [0.15, 0.2) is 0 Å². The van der Waals surface area contributed by atoms with Crippen LogP contribution in [0.3, 0.4) is 0 Å². The highest BCUT2D eigenvalue weighted by Gasteiger charge is 2.22. The van der Waals surface area contributed by atoms with Crippen LogP contribution < -0.4 is 16.4 Å². The highest BCUT2D eigenvalue weighted by atomic mass is 16.2. The molecule has 1 fully saturated rings.